The molecule has 156 valence electrons. The molecule has 0 bridgehead atoms. The Labute approximate surface area is 178 Å². The summed E-state index contributed by atoms with van der Waals surface area (Å²) in [5, 5.41) is 4.00. The normalized spacial score (nSPS) is 19.0. The zero-order chi connectivity index (χ0) is 21.1. The van der Waals surface area contributed by atoms with Crippen LogP contribution in [0.5, 0.6) is 0 Å². The third-order valence-corrected chi connectivity index (χ3v) is 6.48. The second kappa shape index (κ2) is 9.00. The predicted molar refractivity (Wildman–Crippen MR) is 118 cm³/mol. The number of aromatic nitrogens is 2. The van der Waals surface area contributed by atoms with Gasteiger partial charge in [-0.05, 0) is 68.0 Å². The topological polar surface area (TPSA) is 64.0 Å². The Morgan fingerprint density at radius 2 is 1.83 bits per heavy atom. The van der Waals surface area contributed by atoms with Gasteiger partial charge in [0.15, 0.2) is 5.16 Å². The summed E-state index contributed by atoms with van der Waals surface area (Å²) in [7, 11) is 0. The maximum absolute atomic E-state index is 13.4. The van der Waals surface area contributed by atoms with E-state index in [9.17, 15) is 14.0 Å². The first kappa shape index (κ1) is 20.6. The van der Waals surface area contributed by atoms with Crippen LogP contribution in [0.3, 0.4) is 0 Å². The molecule has 30 heavy (non-hydrogen) atoms. The van der Waals surface area contributed by atoms with E-state index in [4.69, 9.17) is 0 Å². The Morgan fingerprint density at radius 3 is 2.57 bits per heavy atom. The highest BCUT2D eigenvalue weighted by Gasteiger charge is 2.20. The standard InChI is InChI=1S/C23H24FN3O2S/c1-15-6-10-17(11-7-15)25-21(28)14-30-23-26-20-5-3-2-4-19(20)22(29)27(23)18-12-8-16(24)9-13-18/h2-5,8-9,12-13,15,17H,6-7,10-11,14H2,1H3,(H,25,28). The molecule has 1 aliphatic rings. The highest BCUT2D eigenvalue weighted by atomic mass is 32.2. The molecule has 1 heterocycles. The van der Waals surface area contributed by atoms with Crippen molar-refractivity contribution in [3.63, 3.8) is 0 Å². The Morgan fingerprint density at radius 1 is 1.13 bits per heavy atom. The number of fused-ring (bicyclic) bond motifs is 1. The van der Waals surface area contributed by atoms with Crippen LogP contribution in [0, 0.1) is 11.7 Å². The van der Waals surface area contributed by atoms with E-state index >= 15 is 0 Å². The molecule has 1 fully saturated rings. The number of rotatable bonds is 5. The molecular weight excluding hydrogens is 401 g/mol. The molecule has 0 unspecified atom stereocenters. The van der Waals surface area contributed by atoms with Crippen molar-refractivity contribution in [3.8, 4) is 5.69 Å². The van der Waals surface area contributed by atoms with Crippen molar-refractivity contribution in [3.05, 3.63) is 64.7 Å². The van der Waals surface area contributed by atoms with Crippen molar-refractivity contribution in [1.82, 2.24) is 14.9 Å². The van der Waals surface area contributed by atoms with E-state index in [1.54, 1.807) is 30.3 Å². The highest BCUT2D eigenvalue weighted by molar-refractivity contribution is 7.99. The lowest BCUT2D eigenvalue weighted by Gasteiger charge is -2.26. The maximum Gasteiger partial charge on any atom is 0.266 e. The fourth-order valence-electron chi connectivity index (χ4n) is 3.83. The number of thioether (sulfide) groups is 1. The third kappa shape index (κ3) is 4.56. The summed E-state index contributed by atoms with van der Waals surface area (Å²) in [5.74, 6) is 0.445. The molecule has 4 rings (SSSR count). The number of nitrogens with zero attached hydrogens (tertiary/aromatic N) is 2. The van der Waals surface area contributed by atoms with Gasteiger partial charge in [-0.3, -0.25) is 14.2 Å². The van der Waals surface area contributed by atoms with Crippen molar-refractivity contribution < 1.29 is 9.18 Å². The van der Waals surface area contributed by atoms with Gasteiger partial charge in [-0.1, -0.05) is 30.8 Å². The molecule has 0 aliphatic heterocycles. The zero-order valence-corrected chi connectivity index (χ0v) is 17.6. The van der Waals surface area contributed by atoms with E-state index < -0.39 is 0 Å². The zero-order valence-electron chi connectivity index (χ0n) is 16.8. The molecule has 0 radical (unpaired) electrons. The second-order valence-corrected chi connectivity index (χ2v) is 8.78. The number of halogens is 1. The Kier molecular flexibility index (Phi) is 6.18. The minimum Gasteiger partial charge on any atom is -0.353 e. The average molecular weight is 426 g/mol. The number of carbonyl (C=O) groups is 1. The summed E-state index contributed by atoms with van der Waals surface area (Å²) in [6.45, 7) is 2.24. The van der Waals surface area contributed by atoms with Gasteiger partial charge in [-0.25, -0.2) is 9.37 Å². The third-order valence-electron chi connectivity index (χ3n) is 5.54. The van der Waals surface area contributed by atoms with Crippen molar-refractivity contribution in [2.75, 3.05) is 5.75 Å². The van der Waals surface area contributed by atoms with E-state index in [-0.39, 0.29) is 29.1 Å². The van der Waals surface area contributed by atoms with E-state index in [0.717, 1.165) is 31.6 Å². The van der Waals surface area contributed by atoms with Gasteiger partial charge in [-0.15, -0.1) is 0 Å². The fraction of sp³-hybridized carbons (Fsp3) is 0.348. The second-order valence-electron chi connectivity index (χ2n) is 7.84. The van der Waals surface area contributed by atoms with E-state index in [0.29, 0.717) is 21.7 Å². The minimum absolute atomic E-state index is 0.0624. The average Bonchev–Trinajstić information content (AvgIpc) is 2.75. The molecule has 0 saturated heterocycles. The molecule has 1 saturated carbocycles. The van der Waals surface area contributed by atoms with Gasteiger partial charge in [0.1, 0.15) is 5.82 Å². The molecule has 0 spiro atoms. The molecular formula is C23H24FN3O2S. The van der Waals surface area contributed by atoms with Crippen molar-refractivity contribution in [2.45, 2.75) is 43.8 Å². The minimum atomic E-state index is -0.379. The monoisotopic (exact) mass is 425 g/mol. The number of carbonyl (C=O) groups excluding carboxylic acids is 1. The summed E-state index contributed by atoms with van der Waals surface area (Å²) >= 11 is 1.22. The molecule has 1 N–H and O–H groups in total. The van der Waals surface area contributed by atoms with Gasteiger partial charge in [0.2, 0.25) is 5.91 Å². The van der Waals surface area contributed by atoms with Gasteiger partial charge in [0.05, 0.1) is 22.3 Å². The quantitative estimate of drug-likeness (QED) is 0.489. The van der Waals surface area contributed by atoms with Crippen LogP contribution >= 0.6 is 11.8 Å². The van der Waals surface area contributed by atoms with Crippen LogP contribution in [0.2, 0.25) is 0 Å². The number of amides is 1. The molecule has 3 aromatic rings. The molecule has 2 aromatic carbocycles. The Balaban J connectivity index is 1.59. The Hall–Kier alpha value is -2.67. The van der Waals surface area contributed by atoms with E-state index in [1.807, 2.05) is 6.07 Å². The van der Waals surface area contributed by atoms with Crippen molar-refractivity contribution >= 4 is 28.6 Å². The van der Waals surface area contributed by atoms with E-state index in [2.05, 4.69) is 17.2 Å². The lowest BCUT2D eigenvalue weighted by Crippen LogP contribution is -2.38. The summed E-state index contributed by atoms with van der Waals surface area (Å²) < 4.78 is 14.8. The summed E-state index contributed by atoms with van der Waals surface area (Å²) in [5.41, 5.74) is 0.852. The van der Waals surface area contributed by atoms with Crippen LogP contribution in [0.1, 0.15) is 32.6 Å². The molecule has 7 heteroatoms. The number of hydrogen-bond acceptors (Lipinski definition) is 4. The van der Waals surface area contributed by atoms with Gasteiger partial charge < -0.3 is 5.32 Å². The summed E-state index contributed by atoms with van der Waals surface area (Å²) in [6.07, 6.45) is 4.28. The summed E-state index contributed by atoms with van der Waals surface area (Å²) in [4.78, 5) is 30.3. The summed E-state index contributed by atoms with van der Waals surface area (Å²) in [6, 6.07) is 13.0. The maximum atomic E-state index is 13.4. The number of hydrogen-bond donors (Lipinski definition) is 1. The Bertz CT molecular complexity index is 1110. The van der Waals surface area contributed by atoms with Gasteiger partial charge >= 0.3 is 0 Å². The molecule has 1 amide bonds. The number of para-hydroxylation sites is 1. The lowest BCUT2D eigenvalue weighted by atomic mass is 9.87. The van der Waals surface area contributed by atoms with Crippen molar-refractivity contribution in [2.24, 2.45) is 5.92 Å². The molecule has 5 nitrogen and oxygen atoms in total. The van der Waals surface area contributed by atoms with Crippen LogP contribution in [0.15, 0.2) is 58.5 Å². The number of benzene rings is 2. The van der Waals surface area contributed by atoms with Crippen LogP contribution < -0.4 is 10.9 Å². The van der Waals surface area contributed by atoms with Gasteiger partial charge in [0, 0.05) is 6.04 Å². The molecule has 0 atom stereocenters. The highest BCUT2D eigenvalue weighted by Crippen LogP contribution is 2.24. The predicted octanol–water partition coefficient (Wildman–Crippen LogP) is 4.31. The smallest absolute Gasteiger partial charge is 0.266 e. The molecule has 1 aliphatic carbocycles. The first-order valence-corrected chi connectivity index (χ1v) is 11.2. The molecule has 1 aromatic heterocycles. The number of nitrogens with one attached hydrogen (secondary N) is 1. The van der Waals surface area contributed by atoms with Crippen LogP contribution in [0.25, 0.3) is 16.6 Å². The first-order chi connectivity index (χ1) is 14.5. The van der Waals surface area contributed by atoms with Crippen LogP contribution in [0.4, 0.5) is 4.39 Å². The van der Waals surface area contributed by atoms with Crippen LogP contribution in [-0.4, -0.2) is 27.3 Å². The lowest BCUT2D eigenvalue weighted by molar-refractivity contribution is -0.119. The first-order valence-electron chi connectivity index (χ1n) is 10.2. The van der Waals surface area contributed by atoms with E-state index in [1.165, 1.54) is 28.5 Å². The van der Waals surface area contributed by atoms with Crippen molar-refractivity contribution in [1.29, 1.82) is 0 Å². The SMILES string of the molecule is CC1CCC(NC(=O)CSc2nc3ccccc3c(=O)n2-c2ccc(F)cc2)CC1. The fourth-order valence-corrected chi connectivity index (χ4v) is 4.65. The largest absolute Gasteiger partial charge is 0.353 e. The van der Waals surface area contributed by atoms with Gasteiger partial charge in [0.25, 0.3) is 5.56 Å². The van der Waals surface area contributed by atoms with Crippen LogP contribution in [-0.2, 0) is 4.79 Å². The van der Waals surface area contributed by atoms with Gasteiger partial charge in [-0.2, -0.15) is 0 Å².